The van der Waals surface area contributed by atoms with Crippen molar-refractivity contribution in [3.8, 4) is 5.75 Å². The summed E-state index contributed by atoms with van der Waals surface area (Å²) in [6.45, 7) is 1.96. The fourth-order valence-corrected chi connectivity index (χ4v) is 1.88. The summed E-state index contributed by atoms with van der Waals surface area (Å²) in [6.07, 6.45) is 1.84. The number of methoxy groups -OCH3 is 1. The predicted octanol–water partition coefficient (Wildman–Crippen LogP) is 2.32. The zero-order valence-corrected chi connectivity index (χ0v) is 11.1. The topological polar surface area (TPSA) is 41.5 Å². The van der Waals surface area contributed by atoms with Gasteiger partial charge >= 0.3 is 0 Å². The molecule has 0 radical (unpaired) electrons. The van der Waals surface area contributed by atoms with Crippen molar-refractivity contribution in [1.29, 1.82) is 0 Å². The van der Waals surface area contributed by atoms with Gasteiger partial charge in [-0.25, -0.2) is 0 Å². The summed E-state index contributed by atoms with van der Waals surface area (Å²) in [4.78, 5) is 0. The lowest BCUT2D eigenvalue weighted by Gasteiger charge is -2.10. The normalized spacial score (nSPS) is 10.4. The molecule has 3 nitrogen and oxygen atoms in total. The molecule has 1 rings (SSSR count). The van der Waals surface area contributed by atoms with E-state index < -0.39 is 0 Å². The van der Waals surface area contributed by atoms with Crippen LogP contribution in [0.1, 0.15) is 18.4 Å². The molecular formula is C12H18BrNO2. The average Bonchev–Trinajstić information content (AvgIpc) is 2.29. The van der Waals surface area contributed by atoms with Crippen LogP contribution in [0, 0.1) is 0 Å². The average molecular weight is 288 g/mol. The van der Waals surface area contributed by atoms with Gasteiger partial charge in [0.2, 0.25) is 0 Å². The van der Waals surface area contributed by atoms with Crippen molar-refractivity contribution in [1.82, 2.24) is 5.32 Å². The number of aliphatic hydroxyl groups is 1. The molecule has 0 aliphatic carbocycles. The Morgan fingerprint density at radius 2 is 2.19 bits per heavy atom. The molecule has 0 fully saturated rings. The Kier molecular flexibility index (Phi) is 6.45. The molecule has 0 aromatic heterocycles. The van der Waals surface area contributed by atoms with E-state index in [1.165, 1.54) is 0 Å². The summed E-state index contributed by atoms with van der Waals surface area (Å²) in [7, 11) is 1.68. The van der Waals surface area contributed by atoms with Crippen molar-refractivity contribution < 1.29 is 9.84 Å². The number of hydrogen-bond acceptors (Lipinski definition) is 3. The number of hydrogen-bond donors (Lipinski definition) is 2. The third-order valence-electron chi connectivity index (χ3n) is 2.32. The maximum absolute atomic E-state index is 8.65. The van der Waals surface area contributed by atoms with Crippen LogP contribution in [-0.4, -0.2) is 25.4 Å². The molecule has 16 heavy (non-hydrogen) atoms. The van der Waals surface area contributed by atoms with Gasteiger partial charge < -0.3 is 15.2 Å². The predicted molar refractivity (Wildman–Crippen MR) is 68.7 cm³/mol. The van der Waals surface area contributed by atoms with Crippen molar-refractivity contribution >= 4 is 15.9 Å². The maximum atomic E-state index is 8.65. The minimum atomic E-state index is 0.266. The molecular weight excluding hydrogens is 270 g/mol. The van der Waals surface area contributed by atoms with E-state index in [-0.39, 0.29) is 6.61 Å². The van der Waals surface area contributed by atoms with Gasteiger partial charge in [-0.05, 0) is 37.6 Å². The quantitative estimate of drug-likeness (QED) is 0.757. The van der Waals surface area contributed by atoms with Crippen LogP contribution in [0.3, 0.4) is 0 Å². The van der Waals surface area contributed by atoms with Gasteiger partial charge in [0.15, 0.2) is 0 Å². The van der Waals surface area contributed by atoms with Crippen molar-refractivity contribution in [2.45, 2.75) is 19.4 Å². The number of nitrogens with one attached hydrogen (secondary N) is 1. The van der Waals surface area contributed by atoms with Crippen molar-refractivity contribution in [2.24, 2.45) is 0 Å². The Balaban J connectivity index is 2.42. The first-order valence-electron chi connectivity index (χ1n) is 5.42. The van der Waals surface area contributed by atoms with Crippen LogP contribution in [0.25, 0.3) is 0 Å². The van der Waals surface area contributed by atoms with Crippen LogP contribution >= 0.6 is 15.9 Å². The van der Waals surface area contributed by atoms with Gasteiger partial charge in [0.25, 0.3) is 0 Å². The monoisotopic (exact) mass is 287 g/mol. The molecule has 0 unspecified atom stereocenters. The molecule has 1 aromatic rings. The molecule has 90 valence electrons. The van der Waals surface area contributed by atoms with E-state index in [1.807, 2.05) is 12.1 Å². The first-order valence-corrected chi connectivity index (χ1v) is 6.21. The van der Waals surface area contributed by atoms with Crippen molar-refractivity contribution in [3.05, 3.63) is 28.2 Å². The van der Waals surface area contributed by atoms with E-state index in [1.54, 1.807) is 7.11 Å². The molecule has 1 aromatic carbocycles. The van der Waals surface area contributed by atoms with Gasteiger partial charge in [0, 0.05) is 23.2 Å². The number of aliphatic hydroxyl groups excluding tert-OH is 1. The summed E-state index contributed by atoms with van der Waals surface area (Å²) in [5.41, 5.74) is 1.14. The second-order valence-electron chi connectivity index (χ2n) is 3.56. The lowest BCUT2D eigenvalue weighted by Crippen LogP contribution is -2.15. The highest BCUT2D eigenvalue weighted by molar-refractivity contribution is 9.10. The Bertz CT molecular complexity index is 318. The Hall–Kier alpha value is -0.580. The van der Waals surface area contributed by atoms with Gasteiger partial charge in [-0.1, -0.05) is 15.9 Å². The molecule has 0 spiro atoms. The van der Waals surface area contributed by atoms with E-state index in [0.29, 0.717) is 0 Å². The molecule has 0 saturated carbocycles. The van der Waals surface area contributed by atoms with E-state index in [0.717, 1.165) is 41.7 Å². The van der Waals surface area contributed by atoms with Crippen molar-refractivity contribution in [3.63, 3.8) is 0 Å². The number of unbranched alkanes of at least 4 members (excludes halogenated alkanes) is 1. The number of halogens is 1. The lowest BCUT2D eigenvalue weighted by molar-refractivity contribution is 0.283. The lowest BCUT2D eigenvalue weighted by atomic mass is 10.2. The second kappa shape index (κ2) is 7.65. The number of benzene rings is 1. The van der Waals surface area contributed by atoms with Crippen LogP contribution < -0.4 is 10.1 Å². The molecule has 0 heterocycles. The summed E-state index contributed by atoms with van der Waals surface area (Å²) in [6, 6.07) is 5.97. The first-order chi connectivity index (χ1) is 7.77. The van der Waals surface area contributed by atoms with Crippen molar-refractivity contribution in [2.75, 3.05) is 20.3 Å². The molecule has 0 aliphatic heterocycles. The van der Waals surface area contributed by atoms with E-state index in [2.05, 4.69) is 27.3 Å². The third-order valence-corrected chi connectivity index (χ3v) is 2.81. The largest absolute Gasteiger partial charge is 0.496 e. The molecule has 0 atom stereocenters. The summed E-state index contributed by atoms with van der Waals surface area (Å²) in [5.74, 6) is 0.901. The smallest absolute Gasteiger partial charge is 0.123 e. The van der Waals surface area contributed by atoms with E-state index in [9.17, 15) is 0 Å². The number of ether oxygens (including phenoxy) is 1. The molecule has 0 amide bonds. The maximum Gasteiger partial charge on any atom is 0.123 e. The van der Waals surface area contributed by atoms with Gasteiger partial charge in [0.05, 0.1) is 7.11 Å². The molecule has 4 heteroatoms. The van der Waals surface area contributed by atoms with E-state index in [4.69, 9.17) is 9.84 Å². The highest BCUT2D eigenvalue weighted by Gasteiger charge is 2.02. The zero-order valence-electron chi connectivity index (χ0n) is 9.50. The number of rotatable bonds is 7. The minimum absolute atomic E-state index is 0.266. The molecule has 2 N–H and O–H groups in total. The van der Waals surface area contributed by atoms with Crippen LogP contribution in [-0.2, 0) is 6.54 Å². The first kappa shape index (κ1) is 13.5. The highest BCUT2D eigenvalue weighted by Crippen LogP contribution is 2.22. The molecule has 0 saturated heterocycles. The second-order valence-corrected chi connectivity index (χ2v) is 4.48. The van der Waals surface area contributed by atoms with Gasteiger partial charge in [0.1, 0.15) is 5.75 Å². The zero-order chi connectivity index (χ0) is 11.8. The van der Waals surface area contributed by atoms with Crippen LogP contribution in [0.15, 0.2) is 22.7 Å². The highest BCUT2D eigenvalue weighted by atomic mass is 79.9. The standard InChI is InChI=1S/C12H18BrNO2/c1-16-12-5-4-11(13)8-10(12)9-14-6-2-3-7-15/h4-5,8,14-15H,2-3,6-7,9H2,1H3. The summed E-state index contributed by atoms with van der Waals surface area (Å²) >= 11 is 3.44. The van der Waals surface area contributed by atoms with E-state index >= 15 is 0 Å². The van der Waals surface area contributed by atoms with Crippen LogP contribution in [0.5, 0.6) is 5.75 Å². The van der Waals surface area contributed by atoms with Crippen LogP contribution in [0.2, 0.25) is 0 Å². The van der Waals surface area contributed by atoms with Gasteiger partial charge in [-0.15, -0.1) is 0 Å². The minimum Gasteiger partial charge on any atom is -0.496 e. The molecule has 0 aliphatic rings. The Labute approximate surface area is 105 Å². The SMILES string of the molecule is COc1ccc(Br)cc1CNCCCCO. The van der Waals surface area contributed by atoms with Gasteiger partial charge in [-0.3, -0.25) is 0 Å². The van der Waals surface area contributed by atoms with Crippen LogP contribution in [0.4, 0.5) is 0 Å². The fourth-order valence-electron chi connectivity index (χ4n) is 1.47. The Morgan fingerprint density at radius 1 is 1.38 bits per heavy atom. The summed E-state index contributed by atoms with van der Waals surface area (Å²) in [5, 5.41) is 12.0. The molecule has 0 bridgehead atoms. The Morgan fingerprint density at radius 3 is 2.88 bits per heavy atom. The third kappa shape index (κ3) is 4.51. The fraction of sp³-hybridized carbons (Fsp3) is 0.500. The van der Waals surface area contributed by atoms with Gasteiger partial charge in [-0.2, -0.15) is 0 Å². The summed E-state index contributed by atoms with van der Waals surface area (Å²) < 4.78 is 6.33.